The highest BCUT2D eigenvalue weighted by atomic mass is 16.2. The molecule has 1 amide bonds. The molecular formula is C13H15N3O2. The monoisotopic (exact) mass is 245 g/mol. The second kappa shape index (κ2) is 5.00. The van der Waals surface area contributed by atoms with Gasteiger partial charge in [0, 0.05) is 13.6 Å². The number of carbonyl (C=O) groups is 2. The van der Waals surface area contributed by atoms with Crippen molar-refractivity contribution in [1.82, 2.24) is 14.9 Å². The maximum Gasteiger partial charge on any atom is 0.284 e. The molecule has 2 aromatic rings. The summed E-state index contributed by atoms with van der Waals surface area (Å²) in [5.41, 5.74) is 3.13. The van der Waals surface area contributed by atoms with Gasteiger partial charge in [-0.2, -0.15) is 0 Å². The van der Waals surface area contributed by atoms with Crippen LogP contribution in [-0.2, 0) is 23.1 Å². The van der Waals surface area contributed by atoms with E-state index in [1.807, 2.05) is 36.7 Å². The molecule has 5 nitrogen and oxygen atoms in total. The Labute approximate surface area is 105 Å². The predicted molar refractivity (Wildman–Crippen MR) is 68.2 cm³/mol. The van der Waals surface area contributed by atoms with E-state index in [-0.39, 0.29) is 6.29 Å². The van der Waals surface area contributed by atoms with Crippen molar-refractivity contribution in [3.05, 3.63) is 29.6 Å². The van der Waals surface area contributed by atoms with E-state index < -0.39 is 5.91 Å². The Morgan fingerprint density at radius 1 is 1.50 bits per heavy atom. The van der Waals surface area contributed by atoms with Gasteiger partial charge in [0.25, 0.3) is 5.91 Å². The topological polar surface area (TPSA) is 64.0 Å². The molecule has 1 aromatic heterocycles. The largest absolute Gasteiger partial charge is 0.349 e. The third-order valence-electron chi connectivity index (χ3n) is 2.99. The molecule has 0 radical (unpaired) electrons. The van der Waals surface area contributed by atoms with E-state index in [0.29, 0.717) is 13.0 Å². The summed E-state index contributed by atoms with van der Waals surface area (Å²) in [6.45, 7) is 2.42. The fraction of sp³-hybridized carbons (Fsp3) is 0.308. The van der Waals surface area contributed by atoms with Crippen LogP contribution in [0.3, 0.4) is 0 Å². The first-order valence-electron chi connectivity index (χ1n) is 5.77. The molecule has 5 heteroatoms. The molecule has 2 rings (SSSR count). The molecule has 0 aliphatic heterocycles. The normalized spacial score (nSPS) is 10.6. The minimum Gasteiger partial charge on any atom is -0.349 e. The second-order valence-electron chi connectivity index (χ2n) is 4.20. The van der Waals surface area contributed by atoms with Crippen molar-refractivity contribution < 1.29 is 9.59 Å². The van der Waals surface area contributed by atoms with Crippen LogP contribution in [0.2, 0.25) is 0 Å². The molecular weight excluding hydrogens is 230 g/mol. The first-order valence-corrected chi connectivity index (χ1v) is 5.77. The van der Waals surface area contributed by atoms with E-state index in [4.69, 9.17) is 0 Å². The van der Waals surface area contributed by atoms with Crippen molar-refractivity contribution in [2.75, 3.05) is 6.54 Å². The van der Waals surface area contributed by atoms with Gasteiger partial charge in [0.05, 0.1) is 11.0 Å². The maximum atomic E-state index is 10.8. The highest BCUT2D eigenvalue weighted by molar-refractivity contribution is 6.23. The third kappa shape index (κ3) is 2.40. The lowest BCUT2D eigenvalue weighted by atomic mass is 10.1. The fourth-order valence-corrected chi connectivity index (χ4v) is 1.89. The van der Waals surface area contributed by atoms with Gasteiger partial charge >= 0.3 is 0 Å². The standard InChI is InChI=1S/C13H15N3O2/c1-9-15-11-7-10(3-4-12(11)16(9)2)5-6-14-13(18)8-17/h3-4,7-8H,5-6H2,1-2H3,(H,14,18). The quantitative estimate of drug-likeness (QED) is 0.638. The Morgan fingerprint density at radius 2 is 2.28 bits per heavy atom. The van der Waals surface area contributed by atoms with Crippen LogP contribution >= 0.6 is 0 Å². The molecule has 0 saturated heterocycles. The zero-order valence-corrected chi connectivity index (χ0v) is 10.4. The van der Waals surface area contributed by atoms with E-state index in [9.17, 15) is 9.59 Å². The van der Waals surface area contributed by atoms with Crippen LogP contribution in [0.15, 0.2) is 18.2 Å². The number of aldehydes is 1. The minimum absolute atomic E-state index is 0.283. The lowest BCUT2D eigenvalue weighted by Gasteiger charge is -2.02. The lowest BCUT2D eigenvalue weighted by Crippen LogP contribution is -2.26. The predicted octanol–water partition coefficient (Wildman–Crippen LogP) is 0.739. The molecule has 0 bridgehead atoms. The van der Waals surface area contributed by atoms with Gasteiger partial charge in [0.2, 0.25) is 6.29 Å². The van der Waals surface area contributed by atoms with Gasteiger partial charge in [0.1, 0.15) is 5.82 Å². The molecule has 0 saturated carbocycles. The number of rotatable bonds is 4. The van der Waals surface area contributed by atoms with Gasteiger partial charge in [-0.25, -0.2) is 4.98 Å². The summed E-state index contributed by atoms with van der Waals surface area (Å²) < 4.78 is 2.03. The number of imidazole rings is 1. The summed E-state index contributed by atoms with van der Waals surface area (Å²) >= 11 is 0. The molecule has 1 aromatic carbocycles. The zero-order valence-electron chi connectivity index (χ0n) is 10.4. The maximum absolute atomic E-state index is 10.8. The average Bonchev–Trinajstić information content (AvgIpc) is 2.64. The smallest absolute Gasteiger partial charge is 0.284 e. The number of carbonyl (C=O) groups excluding carboxylic acids is 2. The Bertz CT molecular complexity index is 602. The van der Waals surface area contributed by atoms with E-state index in [1.54, 1.807) is 0 Å². The molecule has 94 valence electrons. The number of benzene rings is 1. The van der Waals surface area contributed by atoms with Crippen LogP contribution in [0.5, 0.6) is 0 Å². The van der Waals surface area contributed by atoms with Crippen molar-refractivity contribution in [2.45, 2.75) is 13.3 Å². The minimum atomic E-state index is -0.579. The molecule has 0 aliphatic rings. The van der Waals surface area contributed by atoms with Gasteiger partial charge in [-0.15, -0.1) is 0 Å². The van der Waals surface area contributed by atoms with E-state index in [2.05, 4.69) is 10.3 Å². The first-order chi connectivity index (χ1) is 8.61. The Balaban J connectivity index is 2.10. The number of nitrogens with zero attached hydrogens (tertiary/aromatic N) is 2. The van der Waals surface area contributed by atoms with Crippen LogP contribution in [0.4, 0.5) is 0 Å². The SMILES string of the molecule is Cc1nc2cc(CCNC(=O)C=O)ccc2n1C. The molecule has 0 fully saturated rings. The van der Waals surface area contributed by atoms with Gasteiger partial charge in [-0.05, 0) is 31.0 Å². The molecule has 0 spiro atoms. The highest BCUT2D eigenvalue weighted by Gasteiger charge is 2.05. The summed E-state index contributed by atoms with van der Waals surface area (Å²) in [6.07, 6.45) is 0.969. The molecule has 0 atom stereocenters. The first kappa shape index (κ1) is 12.3. The van der Waals surface area contributed by atoms with Gasteiger partial charge in [-0.3, -0.25) is 9.59 Å². The molecule has 1 heterocycles. The summed E-state index contributed by atoms with van der Waals surface area (Å²) in [4.78, 5) is 25.4. The van der Waals surface area contributed by atoms with Crippen LogP contribution in [-0.4, -0.2) is 28.3 Å². The van der Waals surface area contributed by atoms with Crippen LogP contribution in [0.1, 0.15) is 11.4 Å². The van der Waals surface area contributed by atoms with Crippen molar-refractivity contribution in [1.29, 1.82) is 0 Å². The number of hydrogen-bond donors (Lipinski definition) is 1. The summed E-state index contributed by atoms with van der Waals surface area (Å²) in [6, 6.07) is 6.04. The van der Waals surface area contributed by atoms with Crippen molar-refractivity contribution in [3.63, 3.8) is 0 Å². The summed E-state index contributed by atoms with van der Waals surface area (Å²) in [5, 5.41) is 2.51. The third-order valence-corrected chi connectivity index (χ3v) is 2.99. The average molecular weight is 245 g/mol. The Kier molecular flexibility index (Phi) is 3.41. The second-order valence-corrected chi connectivity index (χ2v) is 4.20. The van der Waals surface area contributed by atoms with Crippen LogP contribution < -0.4 is 5.32 Å². The van der Waals surface area contributed by atoms with Crippen LogP contribution in [0, 0.1) is 6.92 Å². The Morgan fingerprint density at radius 3 is 3.00 bits per heavy atom. The molecule has 18 heavy (non-hydrogen) atoms. The highest BCUT2D eigenvalue weighted by Crippen LogP contribution is 2.16. The molecule has 1 N–H and O–H groups in total. The fourth-order valence-electron chi connectivity index (χ4n) is 1.89. The Hall–Kier alpha value is -2.17. The zero-order chi connectivity index (χ0) is 13.1. The number of amides is 1. The van der Waals surface area contributed by atoms with Crippen LogP contribution in [0.25, 0.3) is 11.0 Å². The van der Waals surface area contributed by atoms with Gasteiger partial charge in [-0.1, -0.05) is 6.07 Å². The molecule has 0 unspecified atom stereocenters. The van der Waals surface area contributed by atoms with E-state index in [0.717, 1.165) is 22.4 Å². The van der Waals surface area contributed by atoms with Crippen molar-refractivity contribution >= 4 is 23.2 Å². The number of nitrogens with one attached hydrogen (secondary N) is 1. The van der Waals surface area contributed by atoms with E-state index >= 15 is 0 Å². The van der Waals surface area contributed by atoms with E-state index in [1.165, 1.54) is 0 Å². The number of aromatic nitrogens is 2. The number of hydrogen-bond acceptors (Lipinski definition) is 3. The summed E-state index contributed by atoms with van der Waals surface area (Å²) in [5.74, 6) is 0.390. The lowest BCUT2D eigenvalue weighted by molar-refractivity contribution is -0.131. The number of aryl methyl sites for hydroxylation is 2. The number of fused-ring (bicyclic) bond motifs is 1. The van der Waals surface area contributed by atoms with Gasteiger partial charge in [0.15, 0.2) is 0 Å². The van der Waals surface area contributed by atoms with Crippen molar-refractivity contribution in [2.24, 2.45) is 7.05 Å². The van der Waals surface area contributed by atoms with Crippen molar-refractivity contribution in [3.8, 4) is 0 Å². The van der Waals surface area contributed by atoms with Gasteiger partial charge < -0.3 is 9.88 Å². The molecule has 0 aliphatic carbocycles. The summed E-state index contributed by atoms with van der Waals surface area (Å²) in [7, 11) is 1.98.